The van der Waals surface area contributed by atoms with Crippen LogP contribution < -0.4 is 0 Å². The minimum Gasteiger partial charge on any atom is -0.323 e. The molecule has 0 N–H and O–H groups in total. The second-order valence-electron chi connectivity index (χ2n) is 7.41. The number of fused-ring (bicyclic) bond motifs is 1. The predicted molar refractivity (Wildman–Crippen MR) is 108 cm³/mol. The van der Waals surface area contributed by atoms with Gasteiger partial charge in [0.2, 0.25) is 10.0 Å². The molecule has 1 fully saturated rings. The van der Waals surface area contributed by atoms with E-state index in [0.29, 0.717) is 5.06 Å². The third kappa shape index (κ3) is 3.24. The topological polar surface area (TPSA) is 101 Å². The summed E-state index contributed by atoms with van der Waals surface area (Å²) < 4.78 is 28.1. The summed E-state index contributed by atoms with van der Waals surface area (Å²) in [6, 6.07) is 7.08. The van der Waals surface area contributed by atoms with E-state index in [0.717, 1.165) is 30.6 Å². The average Bonchev–Trinajstić information content (AvgIpc) is 3.29. The summed E-state index contributed by atoms with van der Waals surface area (Å²) >= 11 is 0.891. The van der Waals surface area contributed by atoms with Crippen molar-refractivity contribution in [1.29, 1.82) is 0 Å². The molecule has 30 heavy (non-hydrogen) atoms. The van der Waals surface area contributed by atoms with Crippen LogP contribution in [0.4, 0.5) is 0 Å². The van der Waals surface area contributed by atoms with Gasteiger partial charge in [0.1, 0.15) is 9.77 Å². The van der Waals surface area contributed by atoms with Crippen molar-refractivity contribution in [1.82, 2.24) is 9.37 Å². The molecule has 0 saturated carbocycles. The van der Waals surface area contributed by atoms with Crippen LogP contribution >= 0.6 is 11.3 Å². The number of nitrogens with zero attached hydrogens (tertiary/aromatic N) is 2. The highest BCUT2D eigenvalue weighted by atomic mass is 32.2. The summed E-state index contributed by atoms with van der Waals surface area (Å²) in [7, 11) is -3.95. The average molecular weight is 449 g/mol. The van der Waals surface area contributed by atoms with Crippen LogP contribution in [-0.4, -0.2) is 47.7 Å². The quantitative estimate of drug-likeness (QED) is 0.667. The van der Waals surface area contributed by atoms with E-state index in [9.17, 15) is 22.8 Å². The van der Waals surface area contributed by atoms with E-state index in [4.69, 9.17) is 4.84 Å². The maximum absolute atomic E-state index is 13.3. The van der Waals surface area contributed by atoms with Crippen molar-refractivity contribution < 1.29 is 27.6 Å². The molecule has 2 aliphatic heterocycles. The number of hydrogen-bond acceptors (Lipinski definition) is 7. The highest BCUT2D eigenvalue weighted by molar-refractivity contribution is 7.89. The summed E-state index contributed by atoms with van der Waals surface area (Å²) in [4.78, 5) is 42.4. The molecule has 2 atom stereocenters. The van der Waals surface area contributed by atoms with Crippen molar-refractivity contribution in [2.45, 2.75) is 50.1 Å². The van der Waals surface area contributed by atoms with Gasteiger partial charge in [-0.1, -0.05) is 23.6 Å². The Labute approximate surface area is 178 Å². The van der Waals surface area contributed by atoms with Gasteiger partial charge in [-0.3, -0.25) is 9.59 Å². The number of imide groups is 1. The Morgan fingerprint density at radius 1 is 1.03 bits per heavy atom. The van der Waals surface area contributed by atoms with E-state index in [1.165, 1.54) is 27.9 Å². The van der Waals surface area contributed by atoms with Gasteiger partial charge in [-0.15, -0.1) is 11.3 Å². The van der Waals surface area contributed by atoms with Crippen LogP contribution in [0.25, 0.3) is 0 Å². The molecule has 1 aromatic heterocycles. The van der Waals surface area contributed by atoms with E-state index in [2.05, 4.69) is 0 Å². The molecule has 158 valence electrons. The molecule has 0 radical (unpaired) electrons. The first-order valence-electron chi connectivity index (χ1n) is 9.54. The summed E-state index contributed by atoms with van der Waals surface area (Å²) in [5.74, 6) is -2.58. The summed E-state index contributed by atoms with van der Waals surface area (Å²) in [6.45, 7) is 3.69. The lowest BCUT2D eigenvalue weighted by molar-refractivity contribution is -0.0583. The van der Waals surface area contributed by atoms with E-state index >= 15 is 0 Å². The van der Waals surface area contributed by atoms with Gasteiger partial charge < -0.3 is 4.84 Å². The number of amides is 2. The summed E-state index contributed by atoms with van der Waals surface area (Å²) in [5.41, 5.74) is 0.260. The minimum atomic E-state index is -3.95. The number of carbonyl (C=O) groups is 3. The van der Waals surface area contributed by atoms with Crippen molar-refractivity contribution in [2.75, 3.05) is 0 Å². The van der Waals surface area contributed by atoms with Crippen molar-refractivity contribution >= 4 is 39.1 Å². The number of hydrogen-bond donors (Lipinski definition) is 0. The van der Waals surface area contributed by atoms with Gasteiger partial charge >= 0.3 is 5.97 Å². The Hall–Kier alpha value is -2.56. The number of benzene rings is 1. The first-order chi connectivity index (χ1) is 14.2. The number of carbonyl (C=O) groups excluding carboxylic acids is 3. The Morgan fingerprint density at radius 3 is 2.17 bits per heavy atom. The third-order valence-electron chi connectivity index (χ3n) is 5.41. The number of piperidine rings is 1. The fourth-order valence-electron chi connectivity index (χ4n) is 4.01. The van der Waals surface area contributed by atoms with Crippen molar-refractivity contribution in [2.24, 2.45) is 0 Å². The fourth-order valence-corrected chi connectivity index (χ4v) is 7.16. The number of hydroxylamine groups is 2. The molecule has 2 aliphatic rings. The van der Waals surface area contributed by atoms with E-state index in [-0.39, 0.29) is 33.0 Å². The Balaban J connectivity index is 1.62. The molecule has 10 heteroatoms. The second-order valence-corrected chi connectivity index (χ2v) is 10.1. The van der Waals surface area contributed by atoms with Crippen LogP contribution in [0.1, 0.15) is 63.5 Å². The standard InChI is InChI=1S/C20H20N2O6S2/c1-12-6-5-7-13(2)22(12)30(26,27)16-10-11-29-17(16)20(25)28-21-18(23)14-8-3-4-9-15(14)19(21)24/h3-4,8-13H,5-7H2,1-2H3. The van der Waals surface area contributed by atoms with Crippen LogP contribution in [-0.2, 0) is 14.9 Å². The van der Waals surface area contributed by atoms with Crippen LogP contribution in [0.3, 0.4) is 0 Å². The molecule has 2 amide bonds. The van der Waals surface area contributed by atoms with E-state index in [1.807, 2.05) is 13.8 Å². The highest BCUT2D eigenvalue weighted by Crippen LogP contribution is 2.33. The fraction of sp³-hybridized carbons (Fsp3) is 0.350. The van der Waals surface area contributed by atoms with Gasteiger partial charge in [0.15, 0.2) is 0 Å². The van der Waals surface area contributed by atoms with Gasteiger partial charge in [-0.05, 0) is 50.3 Å². The van der Waals surface area contributed by atoms with E-state index in [1.54, 1.807) is 12.1 Å². The molecule has 0 bridgehead atoms. The van der Waals surface area contributed by atoms with Crippen molar-refractivity contribution in [3.8, 4) is 0 Å². The Morgan fingerprint density at radius 2 is 1.60 bits per heavy atom. The zero-order chi connectivity index (χ0) is 21.6. The number of sulfonamides is 1. The van der Waals surface area contributed by atoms with Gasteiger partial charge in [-0.25, -0.2) is 13.2 Å². The minimum absolute atomic E-state index is 0.130. The number of rotatable bonds is 4. The lowest BCUT2D eigenvalue weighted by Crippen LogP contribution is -2.47. The van der Waals surface area contributed by atoms with Crippen LogP contribution in [0, 0.1) is 0 Å². The molecule has 2 unspecified atom stereocenters. The lowest BCUT2D eigenvalue weighted by atomic mass is 10.0. The maximum atomic E-state index is 13.3. The first kappa shape index (κ1) is 20.7. The Bertz CT molecular complexity index is 1090. The normalized spacial score (nSPS) is 22.3. The SMILES string of the molecule is CC1CCCC(C)N1S(=O)(=O)c1ccsc1C(=O)ON1C(=O)c2ccccc2C1=O. The molecule has 2 aromatic rings. The van der Waals surface area contributed by atoms with Gasteiger partial charge in [-0.2, -0.15) is 4.31 Å². The molecule has 0 spiro atoms. The van der Waals surface area contributed by atoms with Crippen molar-refractivity contribution in [3.63, 3.8) is 0 Å². The largest absolute Gasteiger partial charge is 0.375 e. The monoisotopic (exact) mass is 448 g/mol. The Kier molecular flexibility index (Phi) is 5.25. The summed E-state index contributed by atoms with van der Waals surface area (Å²) in [6.07, 6.45) is 2.41. The van der Waals surface area contributed by atoms with Crippen molar-refractivity contribution in [3.05, 3.63) is 51.7 Å². The second kappa shape index (κ2) is 7.60. The molecule has 0 aliphatic carbocycles. The molecular weight excluding hydrogens is 428 g/mol. The van der Waals surface area contributed by atoms with Crippen LogP contribution in [0.15, 0.2) is 40.6 Å². The van der Waals surface area contributed by atoms with Crippen LogP contribution in [0.2, 0.25) is 0 Å². The molecule has 8 nitrogen and oxygen atoms in total. The van der Waals surface area contributed by atoms with E-state index < -0.39 is 27.8 Å². The zero-order valence-electron chi connectivity index (χ0n) is 16.4. The molecule has 3 heterocycles. The first-order valence-corrected chi connectivity index (χ1v) is 11.9. The molecule has 1 aromatic carbocycles. The van der Waals surface area contributed by atoms with Gasteiger partial charge in [0.05, 0.1) is 11.1 Å². The smallest absolute Gasteiger partial charge is 0.323 e. The molecule has 4 rings (SSSR count). The third-order valence-corrected chi connectivity index (χ3v) is 8.61. The highest BCUT2D eigenvalue weighted by Gasteiger charge is 2.42. The maximum Gasteiger partial charge on any atom is 0.375 e. The van der Waals surface area contributed by atoms with Crippen LogP contribution in [0.5, 0.6) is 0 Å². The predicted octanol–water partition coefficient (Wildman–Crippen LogP) is 3.07. The molecule has 1 saturated heterocycles. The lowest BCUT2D eigenvalue weighted by Gasteiger charge is -2.37. The molecular formula is C20H20N2O6S2. The zero-order valence-corrected chi connectivity index (χ0v) is 18.0. The number of thiophene rings is 1. The van der Waals surface area contributed by atoms with Gasteiger partial charge in [0, 0.05) is 12.1 Å². The van der Waals surface area contributed by atoms with Gasteiger partial charge in [0.25, 0.3) is 11.8 Å². The summed E-state index contributed by atoms with van der Waals surface area (Å²) in [5, 5.41) is 1.86.